The predicted octanol–water partition coefficient (Wildman–Crippen LogP) is 2.32. The molecule has 0 amide bonds. The van der Waals surface area contributed by atoms with E-state index in [1.54, 1.807) is 60.7 Å². The minimum atomic E-state index is -3.87. The van der Waals surface area contributed by atoms with Crippen LogP contribution >= 0.6 is 0 Å². The first kappa shape index (κ1) is 18.3. The first-order valence-corrected chi connectivity index (χ1v) is 10.6. The Labute approximate surface area is 152 Å². The quantitative estimate of drug-likeness (QED) is 0.712. The van der Waals surface area contributed by atoms with Crippen LogP contribution in [0.3, 0.4) is 0 Å². The van der Waals surface area contributed by atoms with E-state index >= 15 is 0 Å². The van der Waals surface area contributed by atoms with Crippen molar-refractivity contribution in [1.29, 1.82) is 0 Å². The molecule has 4 N–H and O–H groups in total. The van der Waals surface area contributed by atoms with Crippen LogP contribution in [0.1, 0.15) is 0 Å². The van der Waals surface area contributed by atoms with Gasteiger partial charge in [0.05, 0.1) is 9.79 Å². The third-order valence-electron chi connectivity index (χ3n) is 3.89. The van der Waals surface area contributed by atoms with Gasteiger partial charge in [0.15, 0.2) is 0 Å². The number of rotatable bonds is 4. The predicted molar refractivity (Wildman–Crippen MR) is 100 cm³/mol. The van der Waals surface area contributed by atoms with Crippen LogP contribution in [0, 0.1) is 0 Å². The Balaban J connectivity index is 2.11. The van der Waals surface area contributed by atoms with Gasteiger partial charge in [-0.25, -0.2) is 27.1 Å². The van der Waals surface area contributed by atoms with Gasteiger partial charge in [0.2, 0.25) is 20.0 Å². The minimum absolute atomic E-state index is 0.0256. The molecule has 0 spiro atoms. The van der Waals surface area contributed by atoms with Gasteiger partial charge in [0.1, 0.15) is 0 Å². The molecule has 0 aromatic heterocycles. The topological polar surface area (TPSA) is 120 Å². The number of sulfonamides is 2. The lowest BCUT2D eigenvalue weighted by Crippen LogP contribution is -2.13. The van der Waals surface area contributed by atoms with Crippen molar-refractivity contribution in [2.75, 3.05) is 0 Å². The van der Waals surface area contributed by atoms with Gasteiger partial charge >= 0.3 is 0 Å². The zero-order chi connectivity index (χ0) is 18.9. The average Bonchev–Trinajstić information content (AvgIpc) is 2.60. The highest BCUT2D eigenvalue weighted by atomic mass is 32.2. The van der Waals surface area contributed by atoms with Crippen molar-refractivity contribution in [3.63, 3.8) is 0 Å². The van der Waals surface area contributed by atoms with Crippen molar-refractivity contribution in [2.24, 2.45) is 10.3 Å². The molecule has 0 aliphatic rings. The molecule has 3 aromatic rings. The summed E-state index contributed by atoms with van der Waals surface area (Å²) in [5.74, 6) is 0. The third kappa shape index (κ3) is 3.68. The second-order valence-electron chi connectivity index (χ2n) is 5.66. The van der Waals surface area contributed by atoms with Crippen molar-refractivity contribution in [3.8, 4) is 22.3 Å². The van der Waals surface area contributed by atoms with Crippen LogP contribution in [0.15, 0.2) is 82.6 Å². The van der Waals surface area contributed by atoms with E-state index in [4.69, 9.17) is 10.3 Å². The van der Waals surface area contributed by atoms with Crippen LogP contribution in [0.25, 0.3) is 22.3 Å². The first-order chi connectivity index (χ1) is 12.2. The van der Waals surface area contributed by atoms with Gasteiger partial charge in [0.25, 0.3) is 0 Å². The van der Waals surface area contributed by atoms with Gasteiger partial charge in [-0.3, -0.25) is 0 Å². The summed E-state index contributed by atoms with van der Waals surface area (Å²) in [5, 5.41) is 10.6. The molecule has 0 aliphatic carbocycles. The molecule has 0 saturated heterocycles. The molecule has 0 heterocycles. The first-order valence-electron chi connectivity index (χ1n) is 7.52. The molecule has 0 saturated carbocycles. The van der Waals surface area contributed by atoms with E-state index in [1.807, 2.05) is 0 Å². The Kier molecular flexibility index (Phi) is 4.68. The Hall–Kier alpha value is -2.52. The highest BCUT2D eigenvalue weighted by molar-refractivity contribution is 7.89. The maximum absolute atomic E-state index is 11.8. The molecule has 26 heavy (non-hydrogen) atoms. The van der Waals surface area contributed by atoms with Crippen LogP contribution in [0.2, 0.25) is 0 Å². The number of benzene rings is 3. The lowest BCUT2D eigenvalue weighted by Gasteiger charge is -2.11. The van der Waals surface area contributed by atoms with Crippen LogP contribution in [-0.4, -0.2) is 16.8 Å². The summed E-state index contributed by atoms with van der Waals surface area (Å²) < 4.78 is 47.1. The van der Waals surface area contributed by atoms with Crippen molar-refractivity contribution >= 4 is 20.0 Å². The van der Waals surface area contributed by atoms with E-state index < -0.39 is 20.0 Å². The van der Waals surface area contributed by atoms with E-state index in [2.05, 4.69) is 0 Å². The smallest absolute Gasteiger partial charge is 0.225 e. The molecular weight excluding hydrogens is 372 g/mol. The average molecular weight is 388 g/mol. The van der Waals surface area contributed by atoms with Crippen molar-refractivity contribution < 1.29 is 16.8 Å². The van der Waals surface area contributed by atoms with Gasteiger partial charge in [-0.1, -0.05) is 60.7 Å². The van der Waals surface area contributed by atoms with E-state index in [-0.39, 0.29) is 9.79 Å². The lowest BCUT2D eigenvalue weighted by atomic mass is 10.0. The molecular formula is C18H16N2O4S2. The summed E-state index contributed by atoms with van der Waals surface area (Å²) in [5.41, 5.74) is 2.24. The number of nitrogens with two attached hydrogens (primary N) is 2. The fraction of sp³-hybridized carbons (Fsp3) is 0. The van der Waals surface area contributed by atoms with Crippen molar-refractivity contribution in [2.45, 2.75) is 9.79 Å². The molecule has 0 bridgehead atoms. The highest BCUT2D eigenvalue weighted by Gasteiger charge is 2.16. The Bertz CT molecular complexity index is 1080. The van der Waals surface area contributed by atoms with Crippen LogP contribution in [-0.2, 0) is 20.0 Å². The van der Waals surface area contributed by atoms with Gasteiger partial charge in [-0.05, 0) is 23.3 Å². The van der Waals surface area contributed by atoms with Gasteiger partial charge in [-0.2, -0.15) is 0 Å². The Morgan fingerprint density at radius 1 is 0.500 bits per heavy atom. The number of hydrogen-bond donors (Lipinski definition) is 2. The Morgan fingerprint density at radius 3 is 1.12 bits per heavy atom. The fourth-order valence-electron chi connectivity index (χ4n) is 2.74. The van der Waals surface area contributed by atoms with Gasteiger partial charge in [-0.15, -0.1) is 0 Å². The molecule has 0 radical (unpaired) electrons. The zero-order valence-corrected chi connectivity index (χ0v) is 15.2. The van der Waals surface area contributed by atoms with E-state index in [0.29, 0.717) is 22.3 Å². The molecule has 0 fully saturated rings. The van der Waals surface area contributed by atoms with E-state index in [9.17, 15) is 16.8 Å². The van der Waals surface area contributed by atoms with Crippen LogP contribution < -0.4 is 10.3 Å². The summed E-state index contributed by atoms with van der Waals surface area (Å²) in [4.78, 5) is 0.0513. The molecule has 0 atom stereocenters. The van der Waals surface area contributed by atoms with Gasteiger partial charge in [0, 0.05) is 11.1 Å². The lowest BCUT2D eigenvalue weighted by molar-refractivity contribution is 0.596. The maximum atomic E-state index is 11.8. The third-order valence-corrected chi connectivity index (χ3v) is 5.83. The highest BCUT2D eigenvalue weighted by Crippen LogP contribution is 2.31. The van der Waals surface area contributed by atoms with Crippen molar-refractivity contribution in [3.05, 3.63) is 72.8 Å². The zero-order valence-electron chi connectivity index (χ0n) is 13.5. The molecule has 0 unspecified atom stereocenters. The monoisotopic (exact) mass is 388 g/mol. The molecule has 134 valence electrons. The summed E-state index contributed by atoms with van der Waals surface area (Å²) in [6.45, 7) is 0. The van der Waals surface area contributed by atoms with Crippen LogP contribution in [0.4, 0.5) is 0 Å². The summed E-state index contributed by atoms with van der Waals surface area (Å²) in [6.07, 6.45) is 0. The molecule has 3 aromatic carbocycles. The normalized spacial score (nSPS) is 12.1. The molecule has 0 aliphatic heterocycles. The maximum Gasteiger partial charge on any atom is 0.238 e. The Morgan fingerprint density at radius 2 is 0.808 bits per heavy atom. The summed E-state index contributed by atoms with van der Waals surface area (Å²) >= 11 is 0. The molecule has 6 nitrogen and oxygen atoms in total. The minimum Gasteiger partial charge on any atom is -0.225 e. The molecule has 8 heteroatoms. The van der Waals surface area contributed by atoms with E-state index in [1.165, 1.54) is 12.1 Å². The summed E-state index contributed by atoms with van der Waals surface area (Å²) in [6, 6.07) is 19.7. The largest absolute Gasteiger partial charge is 0.238 e. The number of hydrogen-bond acceptors (Lipinski definition) is 4. The SMILES string of the molecule is NS(=O)(=O)c1ccccc1-c1ccc(-c2ccccc2S(N)(=O)=O)cc1. The van der Waals surface area contributed by atoms with E-state index in [0.717, 1.165) is 0 Å². The van der Waals surface area contributed by atoms with Crippen LogP contribution in [0.5, 0.6) is 0 Å². The van der Waals surface area contributed by atoms with Gasteiger partial charge < -0.3 is 0 Å². The second kappa shape index (κ2) is 6.65. The fourth-order valence-corrected chi connectivity index (χ4v) is 4.26. The molecule has 3 rings (SSSR count). The standard InChI is InChI=1S/C18H16N2O4S2/c19-25(21,22)17-7-3-1-5-15(17)13-9-11-14(12-10-13)16-6-2-4-8-18(16)26(20,23)24/h1-12H,(H2,19,21,22)(H2,20,23,24). The summed E-state index contributed by atoms with van der Waals surface area (Å²) in [7, 11) is -7.73. The van der Waals surface area contributed by atoms with Crippen molar-refractivity contribution in [1.82, 2.24) is 0 Å². The number of primary sulfonamides is 2. The second-order valence-corrected chi connectivity index (χ2v) is 8.72.